The van der Waals surface area contributed by atoms with Gasteiger partial charge in [-0.25, -0.2) is 0 Å². The summed E-state index contributed by atoms with van der Waals surface area (Å²) in [5, 5.41) is 2.96. The van der Waals surface area contributed by atoms with Crippen LogP contribution in [0.15, 0.2) is 18.2 Å². The van der Waals surface area contributed by atoms with Gasteiger partial charge in [0.1, 0.15) is 0 Å². The van der Waals surface area contributed by atoms with E-state index >= 15 is 0 Å². The van der Waals surface area contributed by atoms with Crippen molar-refractivity contribution in [2.24, 2.45) is 0 Å². The quantitative estimate of drug-likeness (QED) is 0.717. The molecule has 1 aliphatic heterocycles. The lowest BCUT2D eigenvalue weighted by molar-refractivity contribution is -0.117. The first-order valence-electron chi connectivity index (χ1n) is 5.21. The number of amides is 1. The van der Waals surface area contributed by atoms with Gasteiger partial charge in [0.05, 0.1) is 5.41 Å². The average molecular weight is 187 g/mol. The first-order chi connectivity index (χ1) is 6.76. The van der Waals surface area contributed by atoms with E-state index in [0.29, 0.717) is 0 Å². The standard InChI is InChI=1S/C12H13NO/c1-2-8-3-4-10-9(7-8)12(5-6-12)11(14)13-10/h3-4,7H,2,5-6H2,1H3,(H,13,14). The van der Waals surface area contributed by atoms with Crippen molar-refractivity contribution in [1.82, 2.24) is 0 Å². The molecule has 2 heteroatoms. The molecule has 0 atom stereocenters. The van der Waals surface area contributed by atoms with Crippen molar-refractivity contribution in [3.63, 3.8) is 0 Å². The number of hydrogen-bond donors (Lipinski definition) is 1. The minimum absolute atomic E-state index is 0.124. The zero-order valence-electron chi connectivity index (χ0n) is 8.26. The van der Waals surface area contributed by atoms with Gasteiger partial charge in [-0.05, 0) is 36.5 Å². The fraction of sp³-hybridized carbons (Fsp3) is 0.417. The van der Waals surface area contributed by atoms with Crippen LogP contribution in [0.5, 0.6) is 0 Å². The molecule has 1 aromatic rings. The zero-order valence-corrected chi connectivity index (χ0v) is 8.26. The number of hydrogen-bond acceptors (Lipinski definition) is 1. The number of nitrogens with one attached hydrogen (secondary N) is 1. The minimum atomic E-state index is -0.124. The van der Waals surface area contributed by atoms with Gasteiger partial charge in [0, 0.05) is 5.69 Å². The summed E-state index contributed by atoms with van der Waals surface area (Å²) >= 11 is 0. The Morgan fingerprint density at radius 1 is 1.43 bits per heavy atom. The largest absolute Gasteiger partial charge is 0.325 e. The summed E-state index contributed by atoms with van der Waals surface area (Å²) in [5.74, 6) is 0.209. The molecule has 1 spiro atoms. The highest BCUT2D eigenvalue weighted by Gasteiger charge is 2.56. The highest BCUT2D eigenvalue weighted by atomic mass is 16.2. The van der Waals surface area contributed by atoms with E-state index < -0.39 is 0 Å². The van der Waals surface area contributed by atoms with Gasteiger partial charge in [-0.1, -0.05) is 19.1 Å². The van der Waals surface area contributed by atoms with Crippen LogP contribution in [0.2, 0.25) is 0 Å². The Bertz CT molecular complexity index is 418. The highest BCUT2D eigenvalue weighted by molar-refractivity contribution is 6.08. The Kier molecular flexibility index (Phi) is 1.37. The smallest absolute Gasteiger partial charge is 0.235 e. The second kappa shape index (κ2) is 2.38. The van der Waals surface area contributed by atoms with Crippen molar-refractivity contribution in [3.8, 4) is 0 Å². The molecule has 1 amide bonds. The first-order valence-corrected chi connectivity index (χ1v) is 5.21. The molecule has 1 heterocycles. The van der Waals surface area contributed by atoms with Gasteiger partial charge in [0.15, 0.2) is 0 Å². The molecule has 2 nitrogen and oxygen atoms in total. The van der Waals surface area contributed by atoms with Crippen LogP contribution in [0.1, 0.15) is 30.9 Å². The molecule has 0 unspecified atom stereocenters. The van der Waals surface area contributed by atoms with Crippen molar-refractivity contribution >= 4 is 11.6 Å². The molecule has 1 aromatic carbocycles. The lowest BCUT2D eigenvalue weighted by Gasteiger charge is -2.05. The molecule has 14 heavy (non-hydrogen) atoms. The molecule has 0 aromatic heterocycles. The number of anilines is 1. The van der Waals surface area contributed by atoms with Crippen LogP contribution in [0.4, 0.5) is 5.69 Å². The van der Waals surface area contributed by atoms with Gasteiger partial charge in [0.2, 0.25) is 5.91 Å². The van der Waals surface area contributed by atoms with E-state index in [1.54, 1.807) is 0 Å². The van der Waals surface area contributed by atoms with Crippen LogP contribution in [-0.4, -0.2) is 5.91 Å². The van der Waals surface area contributed by atoms with Gasteiger partial charge < -0.3 is 5.32 Å². The van der Waals surface area contributed by atoms with Gasteiger partial charge in [0.25, 0.3) is 0 Å². The summed E-state index contributed by atoms with van der Waals surface area (Å²) in [4.78, 5) is 11.7. The van der Waals surface area contributed by atoms with Crippen LogP contribution in [0.3, 0.4) is 0 Å². The van der Waals surface area contributed by atoms with Crippen LogP contribution >= 0.6 is 0 Å². The number of carbonyl (C=O) groups excluding carboxylic acids is 1. The summed E-state index contributed by atoms with van der Waals surface area (Å²) in [6, 6.07) is 6.33. The third-order valence-electron chi connectivity index (χ3n) is 3.44. The fourth-order valence-corrected chi connectivity index (χ4v) is 2.30. The van der Waals surface area contributed by atoms with Crippen molar-refractivity contribution in [3.05, 3.63) is 29.3 Å². The molecule has 1 saturated carbocycles. The molecular formula is C12H13NO. The normalized spacial score (nSPS) is 20.8. The lowest BCUT2D eigenvalue weighted by Crippen LogP contribution is -2.18. The van der Waals surface area contributed by atoms with E-state index in [9.17, 15) is 4.79 Å². The fourth-order valence-electron chi connectivity index (χ4n) is 2.30. The van der Waals surface area contributed by atoms with Crippen LogP contribution in [0.25, 0.3) is 0 Å². The Labute approximate surface area is 83.3 Å². The molecule has 1 fully saturated rings. The van der Waals surface area contributed by atoms with E-state index in [1.807, 2.05) is 6.07 Å². The van der Waals surface area contributed by atoms with Crippen LogP contribution in [0, 0.1) is 0 Å². The van der Waals surface area contributed by atoms with Crippen molar-refractivity contribution in [2.45, 2.75) is 31.6 Å². The minimum Gasteiger partial charge on any atom is -0.325 e. The Balaban J connectivity index is 2.16. The maximum atomic E-state index is 11.7. The maximum absolute atomic E-state index is 11.7. The predicted octanol–water partition coefficient (Wildman–Crippen LogP) is 2.23. The first kappa shape index (κ1) is 8.04. The van der Waals surface area contributed by atoms with E-state index in [2.05, 4.69) is 24.4 Å². The number of benzene rings is 1. The van der Waals surface area contributed by atoms with Gasteiger partial charge in [-0.3, -0.25) is 4.79 Å². The molecule has 0 saturated heterocycles. The molecular weight excluding hydrogens is 174 g/mol. The van der Waals surface area contributed by atoms with E-state index in [1.165, 1.54) is 11.1 Å². The van der Waals surface area contributed by atoms with Crippen molar-refractivity contribution in [2.75, 3.05) is 5.32 Å². The summed E-state index contributed by atoms with van der Waals surface area (Å²) in [7, 11) is 0. The second-order valence-electron chi connectivity index (χ2n) is 4.27. The van der Waals surface area contributed by atoms with Gasteiger partial charge >= 0.3 is 0 Å². The highest BCUT2D eigenvalue weighted by Crippen LogP contribution is 2.55. The van der Waals surface area contributed by atoms with Gasteiger partial charge in [-0.15, -0.1) is 0 Å². The summed E-state index contributed by atoms with van der Waals surface area (Å²) in [6.45, 7) is 2.14. The summed E-state index contributed by atoms with van der Waals surface area (Å²) < 4.78 is 0. The second-order valence-corrected chi connectivity index (χ2v) is 4.27. The maximum Gasteiger partial charge on any atom is 0.235 e. The third kappa shape index (κ3) is 0.834. The Morgan fingerprint density at radius 2 is 2.21 bits per heavy atom. The van der Waals surface area contributed by atoms with E-state index in [4.69, 9.17) is 0 Å². The van der Waals surface area contributed by atoms with Crippen molar-refractivity contribution in [1.29, 1.82) is 0 Å². The molecule has 0 bridgehead atoms. The molecule has 0 radical (unpaired) electrons. The molecule has 1 aliphatic carbocycles. The predicted molar refractivity (Wildman–Crippen MR) is 55.4 cm³/mol. The SMILES string of the molecule is CCc1ccc2c(c1)C1(CC1)C(=O)N2. The monoisotopic (exact) mass is 187 g/mol. The summed E-state index contributed by atoms with van der Waals surface area (Å²) in [6.07, 6.45) is 3.09. The van der Waals surface area contributed by atoms with Crippen LogP contribution in [-0.2, 0) is 16.6 Å². The number of rotatable bonds is 1. The number of fused-ring (bicyclic) bond motifs is 2. The van der Waals surface area contributed by atoms with E-state index in [-0.39, 0.29) is 11.3 Å². The van der Waals surface area contributed by atoms with Gasteiger partial charge in [-0.2, -0.15) is 0 Å². The third-order valence-corrected chi connectivity index (χ3v) is 3.44. The summed E-state index contributed by atoms with van der Waals surface area (Å²) in [5.41, 5.74) is 3.47. The number of carbonyl (C=O) groups is 1. The average Bonchev–Trinajstić information content (AvgIpc) is 2.94. The Hall–Kier alpha value is -1.31. The Morgan fingerprint density at radius 3 is 2.86 bits per heavy atom. The molecule has 1 N–H and O–H groups in total. The van der Waals surface area contributed by atoms with Crippen molar-refractivity contribution < 1.29 is 4.79 Å². The lowest BCUT2D eigenvalue weighted by atomic mass is 9.95. The van der Waals surface area contributed by atoms with Crippen LogP contribution < -0.4 is 5.32 Å². The number of aryl methyl sites for hydroxylation is 1. The van der Waals surface area contributed by atoms with E-state index in [0.717, 1.165) is 24.9 Å². The topological polar surface area (TPSA) is 29.1 Å². The molecule has 2 aliphatic rings. The molecule has 72 valence electrons. The molecule has 3 rings (SSSR count). The zero-order chi connectivity index (χ0) is 9.76.